The highest BCUT2D eigenvalue weighted by molar-refractivity contribution is 7.89. The summed E-state index contributed by atoms with van der Waals surface area (Å²) in [6, 6.07) is 0. The van der Waals surface area contributed by atoms with Crippen LogP contribution in [0.4, 0.5) is 0 Å². The lowest BCUT2D eigenvalue weighted by atomic mass is 9.65. The number of carbonyl (C=O) groups is 2. The molecule has 3 fully saturated rings. The van der Waals surface area contributed by atoms with Gasteiger partial charge in [-0.2, -0.15) is 4.72 Å². The summed E-state index contributed by atoms with van der Waals surface area (Å²) in [6.07, 6.45) is 0.446. The summed E-state index contributed by atoms with van der Waals surface area (Å²) in [7, 11) is -3.81. The molecule has 1 aliphatic carbocycles. The molecular weight excluding hydrogens is 278 g/mol. The Morgan fingerprint density at radius 2 is 2.17 bits per heavy atom. The first-order chi connectivity index (χ1) is 8.43. The first-order valence-electron chi connectivity index (χ1n) is 5.20. The van der Waals surface area contributed by atoms with E-state index in [0.29, 0.717) is 0 Å². The van der Waals surface area contributed by atoms with Gasteiger partial charge in [-0.15, -0.1) is 11.3 Å². The molecule has 9 heteroatoms. The maximum absolute atomic E-state index is 12.0. The highest BCUT2D eigenvalue weighted by Crippen LogP contribution is 2.42. The fraction of sp³-hybridized carbons (Fsp3) is 0.444. The van der Waals surface area contributed by atoms with Crippen LogP contribution >= 0.6 is 11.3 Å². The van der Waals surface area contributed by atoms with E-state index >= 15 is 0 Å². The first-order valence-corrected chi connectivity index (χ1v) is 7.63. The molecule has 2 N–H and O–H groups in total. The quantitative estimate of drug-likeness (QED) is 0.710. The van der Waals surface area contributed by atoms with Crippen molar-refractivity contribution in [1.29, 1.82) is 0 Å². The number of fused-ring (bicyclic) bond motifs is 2. The zero-order valence-electron chi connectivity index (χ0n) is 9.04. The lowest BCUT2D eigenvalue weighted by molar-refractivity contribution is -0.151. The summed E-state index contributed by atoms with van der Waals surface area (Å²) in [5, 5.41) is 3.45. The number of sulfonamides is 1. The van der Waals surface area contributed by atoms with Crippen molar-refractivity contribution in [3.63, 3.8) is 0 Å². The number of piperidine rings is 2. The molecule has 2 bridgehead atoms. The zero-order valence-corrected chi connectivity index (χ0v) is 10.7. The van der Waals surface area contributed by atoms with E-state index in [1.165, 1.54) is 10.9 Å². The largest absolute Gasteiger partial charge is 0.295 e. The second kappa shape index (κ2) is 3.59. The fourth-order valence-electron chi connectivity index (χ4n) is 2.26. The minimum absolute atomic E-state index is 0.102. The Morgan fingerprint density at radius 3 is 2.72 bits per heavy atom. The molecule has 0 spiro atoms. The van der Waals surface area contributed by atoms with E-state index in [0.717, 1.165) is 11.3 Å². The maximum Gasteiger partial charge on any atom is 0.259 e. The molecule has 7 nitrogen and oxygen atoms in total. The van der Waals surface area contributed by atoms with Crippen LogP contribution in [0.5, 0.6) is 0 Å². The van der Waals surface area contributed by atoms with Crippen LogP contribution in [0.15, 0.2) is 15.9 Å². The second-order valence-corrected chi connectivity index (χ2v) is 6.79. The minimum Gasteiger partial charge on any atom is -0.295 e. The summed E-state index contributed by atoms with van der Waals surface area (Å²) in [4.78, 5) is 26.7. The molecule has 18 heavy (non-hydrogen) atoms. The summed E-state index contributed by atoms with van der Waals surface area (Å²) < 4.78 is 26.3. The predicted molar refractivity (Wildman–Crippen MR) is 61.0 cm³/mol. The number of hydrogen-bond acceptors (Lipinski definition) is 6. The molecule has 3 aliphatic rings. The fourth-order valence-corrected chi connectivity index (χ4v) is 4.48. The van der Waals surface area contributed by atoms with Crippen molar-refractivity contribution in [2.45, 2.75) is 23.4 Å². The number of nitrogens with one attached hydrogen (secondary N) is 2. The van der Waals surface area contributed by atoms with Crippen molar-refractivity contribution >= 4 is 33.2 Å². The number of carbonyl (C=O) groups excluding carboxylic acids is 2. The average molecular weight is 287 g/mol. The zero-order chi connectivity index (χ0) is 13.0. The Morgan fingerprint density at radius 1 is 1.44 bits per heavy atom. The third-order valence-corrected chi connectivity index (χ3v) is 5.42. The van der Waals surface area contributed by atoms with Crippen LogP contribution in [-0.4, -0.2) is 30.8 Å². The van der Waals surface area contributed by atoms with Gasteiger partial charge < -0.3 is 0 Å². The van der Waals surface area contributed by atoms with Crippen LogP contribution in [0, 0.1) is 5.92 Å². The summed E-state index contributed by atoms with van der Waals surface area (Å²) in [6.45, 7) is 0. The molecule has 3 heterocycles. The molecule has 0 atom stereocenters. The van der Waals surface area contributed by atoms with E-state index in [1.54, 1.807) is 0 Å². The van der Waals surface area contributed by atoms with Gasteiger partial charge in [0.05, 0.1) is 5.51 Å². The Kier molecular flexibility index (Phi) is 2.34. The van der Waals surface area contributed by atoms with Crippen LogP contribution in [0.1, 0.15) is 12.8 Å². The minimum atomic E-state index is -3.81. The van der Waals surface area contributed by atoms with Gasteiger partial charge >= 0.3 is 0 Å². The number of hydrogen-bond donors (Lipinski definition) is 2. The molecule has 2 amide bonds. The van der Waals surface area contributed by atoms with Crippen molar-refractivity contribution in [2.75, 3.05) is 0 Å². The lowest BCUT2D eigenvalue weighted by Gasteiger charge is -2.49. The van der Waals surface area contributed by atoms with E-state index in [-0.39, 0.29) is 29.7 Å². The van der Waals surface area contributed by atoms with Crippen molar-refractivity contribution in [3.8, 4) is 0 Å². The second-order valence-electron chi connectivity index (χ2n) is 4.44. The van der Waals surface area contributed by atoms with Crippen molar-refractivity contribution < 1.29 is 18.0 Å². The van der Waals surface area contributed by atoms with E-state index in [4.69, 9.17) is 0 Å². The number of thiazole rings is 1. The molecule has 1 aromatic rings. The van der Waals surface area contributed by atoms with Crippen molar-refractivity contribution in [3.05, 3.63) is 10.9 Å². The molecule has 0 radical (unpaired) electrons. The summed E-state index contributed by atoms with van der Waals surface area (Å²) >= 11 is 1.16. The van der Waals surface area contributed by atoms with Gasteiger partial charge in [0.15, 0.2) is 5.03 Å². The first kappa shape index (κ1) is 11.8. The van der Waals surface area contributed by atoms with Gasteiger partial charge in [0.2, 0.25) is 11.8 Å². The highest BCUT2D eigenvalue weighted by Gasteiger charge is 2.59. The van der Waals surface area contributed by atoms with Crippen LogP contribution in [0.2, 0.25) is 0 Å². The Bertz CT molecular complexity index is 616. The molecule has 96 valence electrons. The Balaban J connectivity index is 1.87. The summed E-state index contributed by atoms with van der Waals surface area (Å²) in [5.74, 6) is -1.18. The van der Waals surface area contributed by atoms with Crippen LogP contribution in [-0.2, 0) is 19.6 Å². The average Bonchev–Trinajstić information content (AvgIpc) is 2.73. The van der Waals surface area contributed by atoms with Gasteiger partial charge in [-0.05, 0) is 12.8 Å². The third kappa shape index (κ3) is 1.58. The van der Waals surface area contributed by atoms with E-state index < -0.39 is 21.5 Å². The molecular formula is C9H9N3O4S2. The van der Waals surface area contributed by atoms with Gasteiger partial charge in [-0.25, -0.2) is 13.4 Å². The monoisotopic (exact) mass is 287 g/mol. The third-order valence-electron chi connectivity index (χ3n) is 3.25. The van der Waals surface area contributed by atoms with Gasteiger partial charge in [0.1, 0.15) is 5.54 Å². The highest BCUT2D eigenvalue weighted by atomic mass is 32.2. The predicted octanol–water partition coefficient (Wildman–Crippen LogP) is -0.773. The van der Waals surface area contributed by atoms with Crippen LogP contribution in [0.25, 0.3) is 0 Å². The van der Waals surface area contributed by atoms with Crippen molar-refractivity contribution in [1.82, 2.24) is 15.0 Å². The molecule has 4 rings (SSSR count). The molecule has 1 aromatic heterocycles. The van der Waals surface area contributed by atoms with Crippen molar-refractivity contribution in [2.24, 2.45) is 5.92 Å². The Labute approximate surface area is 107 Å². The summed E-state index contributed by atoms with van der Waals surface area (Å²) in [5.41, 5.74) is 0.224. The number of amides is 2. The maximum atomic E-state index is 12.0. The number of aromatic nitrogens is 1. The topological polar surface area (TPSA) is 105 Å². The van der Waals surface area contributed by atoms with Gasteiger partial charge in [0, 0.05) is 11.3 Å². The number of imide groups is 1. The van der Waals surface area contributed by atoms with E-state index in [9.17, 15) is 18.0 Å². The smallest absolute Gasteiger partial charge is 0.259 e. The standard InChI is InChI=1S/C9H9N3O4S2/c13-7-5-1-9(2-5,8(14)11-7)12-18(15,16)6-3-17-4-10-6/h3-5,12H,1-2H2,(H,11,13,14). The molecule has 0 aromatic carbocycles. The van der Waals surface area contributed by atoms with Gasteiger partial charge in [0.25, 0.3) is 10.0 Å². The van der Waals surface area contributed by atoms with Gasteiger partial charge in [-0.1, -0.05) is 0 Å². The van der Waals surface area contributed by atoms with E-state index in [1.807, 2.05) is 0 Å². The SMILES string of the molecule is O=C1NC(=O)C2(NS(=O)(=O)c3cscn3)CC1C2. The molecule has 2 aliphatic heterocycles. The number of nitrogens with zero attached hydrogens (tertiary/aromatic N) is 1. The molecule has 2 saturated heterocycles. The van der Waals surface area contributed by atoms with Crippen LogP contribution in [0.3, 0.4) is 0 Å². The van der Waals surface area contributed by atoms with E-state index in [2.05, 4.69) is 15.0 Å². The molecule has 1 saturated carbocycles. The van der Waals surface area contributed by atoms with Gasteiger partial charge in [-0.3, -0.25) is 14.9 Å². The lowest BCUT2D eigenvalue weighted by Crippen LogP contribution is -2.73. The molecule has 0 unspecified atom stereocenters. The normalized spacial score (nSPS) is 30.8. The number of rotatable bonds is 3. The Hall–Kier alpha value is -1.32. The van der Waals surface area contributed by atoms with Crippen LogP contribution < -0.4 is 10.0 Å².